The number of hydrogen-bond donors (Lipinski definition) is 2. The highest BCUT2D eigenvalue weighted by Crippen LogP contribution is 2.18. The molecule has 0 spiro atoms. The van der Waals surface area contributed by atoms with Crippen LogP contribution in [0.1, 0.15) is 18.9 Å². The van der Waals surface area contributed by atoms with Crippen LogP contribution < -0.4 is 5.32 Å². The fourth-order valence-corrected chi connectivity index (χ4v) is 2.43. The molecule has 1 rings (SSSR count). The Morgan fingerprint density at radius 1 is 1.38 bits per heavy atom. The number of carbonyl (C=O) groups excluding carboxylic acids is 1. The standard InChI is InChI=1S/C15H19F2NO2S/c1-11(13-4-3-12(16)10-14(13)17)9-15(20)18-5-8-21-7-2-6-19/h3-4,9-10,19H,2,5-8H2,1H3,(H,18,20)/b11-9-. The molecule has 0 saturated heterocycles. The lowest BCUT2D eigenvalue weighted by Crippen LogP contribution is -2.24. The van der Waals surface area contributed by atoms with Gasteiger partial charge in [0.05, 0.1) is 0 Å². The molecule has 0 unspecified atom stereocenters. The Hall–Kier alpha value is -1.40. The molecule has 1 aromatic rings. The van der Waals surface area contributed by atoms with E-state index in [2.05, 4.69) is 5.32 Å². The summed E-state index contributed by atoms with van der Waals surface area (Å²) in [6.45, 7) is 2.28. The van der Waals surface area contributed by atoms with Gasteiger partial charge in [0.1, 0.15) is 11.6 Å². The van der Waals surface area contributed by atoms with Gasteiger partial charge in [-0.3, -0.25) is 4.79 Å². The summed E-state index contributed by atoms with van der Waals surface area (Å²) in [6, 6.07) is 3.27. The number of carbonyl (C=O) groups is 1. The second-order valence-corrected chi connectivity index (χ2v) is 5.66. The van der Waals surface area contributed by atoms with E-state index < -0.39 is 11.6 Å². The Kier molecular flexibility index (Phi) is 8.00. The van der Waals surface area contributed by atoms with Crippen LogP contribution in [0.4, 0.5) is 8.78 Å². The van der Waals surface area contributed by atoms with Crippen molar-refractivity contribution < 1.29 is 18.7 Å². The Morgan fingerprint density at radius 3 is 2.81 bits per heavy atom. The highest BCUT2D eigenvalue weighted by molar-refractivity contribution is 7.99. The zero-order chi connectivity index (χ0) is 15.7. The van der Waals surface area contributed by atoms with Crippen molar-refractivity contribution in [3.8, 4) is 0 Å². The minimum atomic E-state index is -0.684. The first-order valence-corrected chi connectivity index (χ1v) is 7.80. The zero-order valence-electron chi connectivity index (χ0n) is 11.9. The van der Waals surface area contributed by atoms with Crippen LogP contribution in [0.25, 0.3) is 5.57 Å². The lowest BCUT2D eigenvalue weighted by Gasteiger charge is -2.05. The van der Waals surface area contributed by atoms with Gasteiger partial charge in [0.2, 0.25) is 5.91 Å². The molecule has 0 aliphatic rings. The maximum atomic E-state index is 13.5. The summed E-state index contributed by atoms with van der Waals surface area (Å²) in [6.07, 6.45) is 2.04. The van der Waals surface area contributed by atoms with Crippen LogP contribution in [0, 0.1) is 11.6 Å². The van der Waals surface area contributed by atoms with Crippen LogP contribution in [0.3, 0.4) is 0 Å². The van der Waals surface area contributed by atoms with Crippen molar-refractivity contribution in [2.24, 2.45) is 0 Å². The molecule has 0 radical (unpaired) electrons. The third kappa shape index (κ3) is 6.73. The third-order valence-electron chi connectivity index (χ3n) is 2.70. The average molecular weight is 315 g/mol. The largest absolute Gasteiger partial charge is 0.396 e. The number of hydrogen-bond acceptors (Lipinski definition) is 3. The maximum absolute atomic E-state index is 13.5. The Morgan fingerprint density at radius 2 is 2.14 bits per heavy atom. The van der Waals surface area contributed by atoms with Crippen molar-refractivity contribution >= 4 is 23.2 Å². The highest BCUT2D eigenvalue weighted by atomic mass is 32.2. The van der Waals surface area contributed by atoms with Crippen molar-refractivity contribution in [1.29, 1.82) is 0 Å². The highest BCUT2D eigenvalue weighted by Gasteiger charge is 2.07. The molecule has 6 heteroatoms. The van der Waals surface area contributed by atoms with Gasteiger partial charge in [0, 0.05) is 36.6 Å². The molecule has 0 fully saturated rings. The van der Waals surface area contributed by atoms with E-state index in [0.29, 0.717) is 12.1 Å². The summed E-state index contributed by atoms with van der Waals surface area (Å²) in [5.74, 6) is -0.0329. The first kappa shape index (κ1) is 17.7. The van der Waals surface area contributed by atoms with Crippen LogP contribution in [-0.2, 0) is 4.79 Å². The molecule has 0 bridgehead atoms. The van der Waals surface area contributed by atoms with E-state index in [9.17, 15) is 13.6 Å². The monoisotopic (exact) mass is 315 g/mol. The van der Waals surface area contributed by atoms with Gasteiger partial charge < -0.3 is 10.4 Å². The van der Waals surface area contributed by atoms with Gasteiger partial charge in [0.15, 0.2) is 0 Å². The Bertz CT molecular complexity index is 506. The number of aliphatic hydroxyl groups is 1. The molecule has 0 aliphatic carbocycles. The summed E-state index contributed by atoms with van der Waals surface area (Å²) >= 11 is 1.64. The van der Waals surface area contributed by atoms with Crippen molar-refractivity contribution in [2.75, 3.05) is 24.7 Å². The van der Waals surface area contributed by atoms with Gasteiger partial charge in [-0.25, -0.2) is 8.78 Å². The SMILES string of the molecule is C/C(=C/C(=O)NCCSCCCO)c1ccc(F)cc1F. The molecule has 1 amide bonds. The zero-order valence-corrected chi connectivity index (χ0v) is 12.7. The first-order valence-electron chi connectivity index (χ1n) is 6.64. The second-order valence-electron chi connectivity index (χ2n) is 4.43. The number of allylic oxidation sites excluding steroid dienone is 1. The lowest BCUT2D eigenvalue weighted by molar-refractivity contribution is -0.116. The predicted octanol–water partition coefficient (Wildman–Crippen LogP) is 2.60. The molecule has 1 aromatic carbocycles. The fourth-order valence-electron chi connectivity index (χ4n) is 1.65. The van der Waals surface area contributed by atoms with E-state index in [0.717, 1.165) is 30.1 Å². The quantitative estimate of drug-likeness (QED) is 0.573. The minimum Gasteiger partial charge on any atom is -0.396 e. The summed E-state index contributed by atoms with van der Waals surface area (Å²) < 4.78 is 26.4. The predicted molar refractivity (Wildman–Crippen MR) is 82.0 cm³/mol. The summed E-state index contributed by atoms with van der Waals surface area (Å²) in [7, 11) is 0. The van der Waals surface area contributed by atoms with E-state index in [4.69, 9.17) is 5.11 Å². The molecule has 21 heavy (non-hydrogen) atoms. The smallest absolute Gasteiger partial charge is 0.244 e. The Balaban J connectivity index is 2.44. The van der Waals surface area contributed by atoms with Gasteiger partial charge in [-0.15, -0.1) is 0 Å². The van der Waals surface area contributed by atoms with Crippen LogP contribution in [0.15, 0.2) is 24.3 Å². The molecular formula is C15H19F2NO2S. The normalized spacial score (nSPS) is 11.5. The second kappa shape index (κ2) is 9.52. The van der Waals surface area contributed by atoms with E-state index in [1.165, 1.54) is 12.1 Å². The van der Waals surface area contributed by atoms with Crippen molar-refractivity contribution in [3.63, 3.8) is 0 Å². The number of aliphatic hydroxyl groups excluding tert-OH is 1. The van der Waals surface area contributed by atoms with Gasteiger partial charge in [-0.05, 0) is 36.8 Å². The van der Waals surface area contributed by atoms with Crippen LogP contribution >= 0.6 is 11.8 Å². The average Bonchev–Trinajstić information content (AvgIpc) is 2.42. The van der Waals surface area contributed by atoms with E-state index in [1.54, 1.807) is 18.7 Å². The molecule has 0 atom stereocenters. The molecular weight excluding hydrogens is 296 g/mol. The number of nitrogens with one attached hydrogen (secondary N) is 1. The van der Waals surface area contributed by atoms with E-state index in [-0.39, 0.29) is 18.1 Å². The third-order valence-corrected chi connectivity index (χ3v) is 3.77. The summed E-state index contributed by atoms with van der Waals surface area (Å²) in [5, 5.41) is 11.3. The van der Waals surface area contributed by atoms with Crippen LogP contribution in [-0.4, -0.2) is 35.7 Å². The number of halogens is 2. The first-order chi connectivity index (χ1) is 10.0. The topological polar surface area (TPSA) is 49.3 Å². The molecule has 0 saturated carbocycles. The molecule has 0 aliphatic heterocycles. The van der Waals surface area contributed by atoms with Gasteiger partial charge >= 0.3 is 0 Å². The number of benzene rings is 1. The lowest BCUT2D eigenvalue weighted by atomic mass is 10.1. The van der Waals surface area contributed by atoms with Gasteiger partial charge in [-0.1, -0.05) is 0 Å². The minimum absolute atomic E-state index is 0.171. The van der Waals surface area contributed by atoms with Crippen molar-refractivity contribution in [2.45, 2.75) is 13.3 Å². The van der Waals surface area contributed by atoms with E-state index >= 15 is 0 Å². The number of amides is 1. The van der Waals surface area contributed by atoms with Crippen LogP contribution in [0.2, 0.25) is 0 Å². The van der Waals surface area contributed by atoms with Crippen molar-refractivity contribution in [3.05, 3.63) is 41.5 Å². The summed E-state index contributed by atoms with van der Waals surface area (Å²) in [5.41, 5.74) is 0.654. The number of thioether (sulfide) groups is 1. The van der Waals surface area contributed by atoms with Crippen molar-refractivity contribution in [1.82, 2.24) is 5.32 Å². The van der Waals surface area contributed by atoms with Gasteiger partial charge in [-0.2, -0.15) is 11.8 Å². The Labute approximate surface area is 127 Å². The van der Waals surface area contributed by atoms with Crippen LogP contribution in [0.5, 0.6) is 0 Å². The number of rotatable bonds is 8. The maximum Gasteiger partial charge on any atom is 0.244 e. The molecule has 116 valence electrons. The summed E-state index contributed by atoms with van der Waals surface area (Å²) in [4.78, 5) is 11.7. The molecule has 0 aromatic heterocycles. The molecule has 2 N–H and O–H groups in total. The fraction of sp³-hybridized carbons (Fsp3) is 0.400. The van der Waals surface area contributed by atoms with E-state index in [1.807, 2.05) is 0 Å². The van der Waals surface area contributed by atoms with Gasteiger partial charge in [0.25, 0.3) is 0 Å². The molecule has 3 nitrogen and oxygen atoms in total. The molecule has 0 heterocycles.